The molecule has 0 aliphatic rings. The minimum absolute atomic E-state index is 0.0369. The molecule has 110 valence electrons. The number of hydrogen-bond donors (Lipinski definition) is 3. The predicted molar refractivity (Wildman–Crippen MR) is 76.5 cm³/mol. The van der Waals surface area contributed by atoms with Crippen molar-refractivity contribution in [1.29, 1.82) is 0 Å². The number of esters is 1. The highest BCUT2D eigenvalue weighted by Gasteiger charge is 2.11. The molecule has 1 rings (SSSR count). The zero-order valence-electron chi connectivity index (χ0n) is 11.7. The minimum Gasteiger partial charge on any atom is -0.466 e. The molecule has 0 spiro atoms. The van der Waals surface area contributed by atoms with E-state index >= 15 is 0 Å². The fraction of sp³-hybridized carbons (Fsp3) is 0.429. The predicted octanol–water partition coefficient (Wildman–Crippen LogP) is 1.37. The number of carbonyl (C=O) groups excluding carboxylic acids is 2. The van der Waals surface area contributed by atoms with Gasteiger partial charge in [0.25, 0.3) is 0 Å². The quantitative estimate of drug-likeness (QED) is 0.657. The van der Waals surface area contributed by atoms with Crippen LogP contribution < -0.4 is 10.6 Å². The van der Waals surface area contributed by atoms with Crippen molar-refractivity contribution in [1.82, 2.24) is 0 Å². The van der Waals surface area contributed by atoms with E-state index in [1.807, 2.05) is 0 Å². The van der Waals surface area contributed by atoms with E-state index in [2.05, 4.69) is 10.6 Å². The highest BCUT2D eigenvalue weighted by atomic mass is 16.5. The van der Waals surface area contributed by atoms with Gasteiger partial charge in [0.05, 0.1) is 19.1 Å². The molecule has 1 amide bonds. The number of carbonyl (C=O) groups is 2. The SMILES string of the molecule is CCOC(=O)CC(O)CNc1ccc(NC(C)=O)cc1. The van der Waals surface area contributed by atoms with Crippen molar-refractivity contribution in [2.75, 3.05) is 23.8 Å². The van der Waals surface area contributed by atoms with E-state index in [0.29, 0.717) is 12.3 Å². The van der Waals surface area contributed by atoms with Gasteiger partial charge in [-0.3, -0.25) is 9.59 Å². The smallest absolute Gasteiger partial charge is 0.308 e. The number of benzene rings is 1. The summed E-state index contributed by atoms with van der Waals surface area (Å²) in [7, 11) is 0. The molecule has 3 N–H and O–H groups in total. The first kappa shape index (κ1) is 16.0. The summed E-state index contributed by atoms with van der Waals surface area (Å²) in [6.07, 6.45) is -0.839. The van der Waals surface area contributed by atoms with Crippen molar-refractivity contribution in [3.8, 4) is 0 Å². The largest absolute Gasteiger partial charge is 0.466 e. The van der Waals surface area contributed by atoms with Gasteiger partial charge in [0.2, 0.25) is 5.91 Å². The number of aliphatic hydroxyl groups excluding tert-OH is 1. The average Bonchev–Trinajstić information content (AvgIpc) is 2.37. The first-order valence-electron chi connectivity index (χ1n) is 6.46. The van der Waals surface area contributed by atoms with E-state index in [1.165, 1.54) is 6.92 Å². The van der Waals surface area contributed by atoms with E-state index in [0.717, 1.165) is 5.69 Å². The van der Waals surface area contributed by atoms with Gasteiger partial charge < -0.3 is 20.5 Å². The molecular weight excluding hydrogens is 260 g/mol. The van der Waals surface area contributed by atoms with Crippen LogP contribution in [-0.4, -0.2) is 36.2 Å². The number of hydrogen-bond acceptors (Lipinski definition) is 5. The standard InChI is InChI=1S/C14H20N2O4/c1-3-20-14(19)8-13(18)9-15-11-4-6-12(7-5-11)16-10(2)17/h4-7,13,15,18H,3,8-9H2,1-2H3,(H,16,17). The van der Waals surface area contributed by atoms with Crippen LogP contribution in [0.1, 0.15) is 20.3 Å². The maximum absolute atomic E-state index is 11.2. The van der Waals surface area contributed by atoms with E-state index < -0.39 is 12.1 Å². The molecule has 0 saturated carbocycles. The van der Waals surface area contributed by atoms with Gasteiger partial charge in [-0.2, -0.15) is 0 Å². The Morgan fingerprint density at radius 1 is 1.25 bits per heavy atom. The molecule has 0 aliphatic heterocycles. The lowest BCUT2D eigenvalue weighted by Crippen LogP contribution is -2.23. The van der Waals surface area contributed by atoms with Crippen LogP contribution >= 0.6 is 0 Å². The number of ether oxygens (including phenoxy) is 1. The Labute approximate surface area is 118 Å². The Kier molecular flexibility index (Phi) is 6.52. The molecule has 0 aromatic heterocycles. The molecule has 1 aromatic rings. The van der Waals surface area contributed by atoms with Crippen LogP contribution in [-0.2, 0) is 14.3 Å². The normalized spacial score (nSPS) is 11.6. The number of amides is 1. The second-order valence-electron chi connectivity index (χ2n) is 4.30. The molecule has 0 fully saturated rings. The molecule has 0 aliphatic carbocycles. The van der Waals surface area contributed by atoms with Crippen molar-refractivity contribution < 1.29 is 19.4 Å². The lowest BCUT2D eigenvalue weighted by Gasteiger charge is -2.12. The molecule has 1 aromatic carbocycles. The van der Waals surface area contributed by atoms with Gasteiger partial charge in [0, 0.05) is 24.8 Å². The third kappa shape index (κ3) is 6.19. The Morgan fingerprint density at radius 3 is 2.40 bits per heavy atom. The topological polar surface area (TPSA) is 87.7 Å². The molecule has 20 heavy (non-hydrogen) atoms. The Balaban J connectivity index is 2.37. The highest BCUT2D eigenvalue weighted by molar-refractivity contribution is 5.88. The molecule has 1 atom stereocenters. The van der Waals surface area contributed by atoms with Crippen molar-refractivity contribution in [2.24, 2.45) is 0 Å². The summed E-state index contributed by atoms with van der Waals surface area (Å²) in [5.74, 6) is -0.543. The minimum atomic E-state index is -0.802. The van der Waals surface area contributed by atoms with Gasteiger partial charge in [-0.05, 0) is 31.2 Å². The van der Waals surface area contributed by atoms with Crippen LogP contribution in [0.15, 0.2) is 24.3 Å². The van der Waals surface area contributed by atoms with E-state index in [9.17, 15) is 14.7 Å². The van der Waals surface area contributed by atoms with E-state index in [1.54, 1.807) is 31.2 Å². The summed E-state index contributed by atoms with van der Waals surface area (Å²) in [6.45, 7) is 3.72. The van der Waals surface area contributed by atoms with E-state index in [-0.39, 0.29) is 18.9 Å². The molecular formula is C14H20N2O4. The molecule has 0 heterocycles. The first-order chi connectivity index (χ1) is 9.51. The van der Waals surface area contributed by atoms with Gasteiger partial charge in [-0.1, -0.05) is 0 Å². The summed E-state index contributed by atoms with van der Waals surface area (Å²) in [4.78, 5) is 22.0. The molecule has 0 saturated heterocycles. The number of nitrogens with one attached hydrogen (secondary N) is 2. The molecule has 1 unspecified atom stereocenters. The number of aliphatic hydroxyl groups is 1. The molecule has 0 bridgehead atoms. The zero-order chi connectivity index (χ0) is 15.0. The van der Waals surface area contributed by atoms with Crippen molar-refractivity contribution in [3.63, 3.8) is 0 Å². The third-order valence-electron chi connectivity index (χ3n) is 2.45. The lowest BCUT2D eigenvalue weighted by atomic mass is 10.2. The van der Waals surface area contributed by atoms with Gasteiger partial charge in [0.1, 0.15) is 0 Å². The van der Waals surface area contributed by atoms with E-state index in [4.69, 9.17) is 4.74 Å². The molecule has 6 heteroatoms. The van der Waals surface area contributed by atoms with Crippen LogP contribution in [0.4, 0.5) is 11.4 Å². The van der Waals surface area contributed by atoms with Gasteiger partial charge >= 0.3 is 5.97 Å². The van der Waals surface area contributed by atoms with Crippen LogP contribution in [0.3, 0.4) is 0 Å². The van der Waals surface area contributed by atoms with Crippen LogP contribution in [0.2, 0.25) is 0 Å². The van der Waals surface area contributed by atoms with Crippen LogP contribution in [0.5, 0.6) is 0 Å². The molecule has 0 radical (unpaired) electrons. The number of rotatable bonds is 7. The van der Waals surface area contributed by atoms with Crippen molar-refractivity contribution in [2.45, 2.75) is 26.4 Å². The molecule has 6 nitrogen and oxygen atoms in total. The highest BCUT2D eigenvalue weighted by Crippen LogP contribution is 2.13. The summed E-state index contributed by atoms with van der Waals surface area (Å²) < 4.78 is 4.75. The summed E-state index contributed by atoms with van der Waals surface area (Å²) in [5, 5.41) is 15.3. The van der Waals surface area contributed by atoms with Crippen LogP contribution in [0.25, 0.3) is 0 Å². The lowest BCUT2D eigenvalue weighted by molar-refractivity contribution is -0.145. The Bertz CT molecular complexity index is 445. The fourth-order valence-corrected chi connectivity index (χ4v) is 1.59. The second kappa shape index (κ2) is 8.16. The Morgan fingerprint density at radius 2 is 1.85 bits per heavy atom. The van der Waals surface area contributed by atoms with Crippen LogP contribution in [0, 0.1) is 0 Å². The monoisotopic (exact) mass is 280 g/mol. The average molecular weight is 280 g/mol. The third-order valence-corrected chi connectivity index (χ3v) is 2.45. The number of anilines is 2. The summed E-state index contributed by atoms with van der Waals surface area (Å²) in [5.41, 5.74) is 1.50. The van der Waals surface area contributed by atoms with Crippen molar-refractivity contribution in [3.05, 3.63) is 24.3 Å². The van der Waals surface area contributed by atoms with Crippen molar-refractivity contribution >= 4 is 23.3 Å². The second-order valence-corrected chi connectivity index (χ2v) is 4.30. The maximum atomic E-state index is 11.2. The Hall–Kier alpha value is -2.08. The summed E-state index contributed by atoms with van der Waals surface area (Å²) in [6, 6.07) is 7.06. The van der Waals surface area contributed by atoms with Gasteiger partial charge in [-0.25, -0.2) is 0 Å². The van der Waals surface area contributed by atoms with Gasteiger partial charge in [-0.15, -0.1) is 0 Å². The maximum Gasteiger partial charge on any atom is 0.308 e. The first-order valence-corrected chi connectivity index (χ1v) is 6.46. The fourth-order valence-electron chi connectivity index (χ4n) is 1.59. The zero-order valence-corrected chi connectivity index (χ0v) is 11.7. The summed E-state index contributed by atoms with van der Waals surface area (Å²) >= 11 is 0. The van der Waals surface area contributed by atoms with Gasteiger partial charge in [0.15, 0.2) is 0 Å².